The second-order valence-corrected chi connectivity index (χ2v) is 10.8. The van der Waals surface area contributed by atoms with Crippen LogP contribution in [0.1, 0.15) is 56.5 Å². The first-order chi connectivity index (χ1) is 19.8. The topological polar surface area (TPSA) is 79.8 Å². The van der Waals surface area contributed by atoms with Gasteiger partial charge in [-0.3, -0.25) is 4.79 Å². The van der Waals surface area contributed by atoms with Crippen molar-refractivity contribution in [1.82, 2.24) is 24.5 Å². The number of rotatable bonds is 7. The number of piperidine rings is 1. The maximum atomic E-state index is 13.9. The molecule has 1 amide bonds. The summed E-state index contributed by atoms with van der Waals surface area (Å²) in [6.45, 7) is 1.68. The Kier molecular flexibility index (Phi) is 7.50. The van der Waals surface area contributed by atoms with E-state index in [1.54, 1.807) is 27.6 Å². The Morgan fingerprint density at radius 3 is 2.46 bits per heavy atom. The lowest BCUT2D eigenvalue weighted by atomic mass is 9.88. The molecule has 2 aliphatic rings. The predicted molar refractivity (Wildman–Crippen MR) is 143 cm³/mol. The lowest BCUT2D eigenvalue weighted by Gasteiger charge is -2.41. The van der Waals surface area contributed by atoms with Gasteiger partial charge in [0.2, 0.25) is 17.7 Å². The molecular formula is C29H30F4N6O2. The second kappa shape index (κ2) is 11.2. The Balaban J connectivity index is 1.17. The average Bonchev–Trinajstić information content (AvgIpc) is 3.63. The van der Waals surface area contributed by atoms with Crippen LogP contribution in [0, 0.1) is 5.92 Å². The molecule has 0 spiro atoms. The Labute approximate surface area is 234 Å². The van der Waals surface area contributed by atoms with Crippen LogP contribution in [0.15, 0.2) is 59.3 Å². The molecule has 0 N–H and O–H groups in total. The SMILES string of the molecule is O=C(C1CCN(C2CCC(F)(F)CC2)CC1)N(Cc1cn2ccc(-c3nnc(C(F)F)o3)cc2n1)c1ccccc1. The standard InChI is InChI=1S/C29H30F4N6O2/c30-25(31)27-36-35-26(41-27)20-10-15-38-17-21(34-24(38)16-20)18-39(23-4-2-1-3-5-23)28(40)19-8-13-37(14-9-19)22-6-11-29(32,33)12-7-22/h1-5,10,15-17,19,22,25H,6-9,11-14,18H2. The zero-order valence-corrected chi connectivity index (χ0v) is 22.3. The van der Waals surface area contributed by atoms with Crippen LogP contribution in [0.2, 0.25) is 0 Å². The molecule has 2 fully saturated rings. The van der Waals surface area contributed by atoms with Crippen LogP contribution in [0.4, 0.5) is 23.2 Å². The number of amides is 1. The first-order valence-corrected chi connectivity index (χ1v) is 13.8. The first-order valence-electron chi connectivity index (χ1n) is 13.8. The van der Waals surface area contributed by atoms with Crippen LogP contribution in [0.5, 0.6) is 0 Å². The molecule has 4 heterocycles. The van der Waals surface area contributed by atoms with Gasteiger partial charge in [0.1, 0.15) is 5.65 Å². The van der Waals surface area contributed by atoms with Crippen LogP contribution in [-0.2, 0) is 11.3 Å². The molecule has 1 aliphatic carbocycles. The van der Waals surface area contributed by atoms with Crippen LogP contribution < -0.4 is 4.90 Å². The maximum absolute atomic E-state index is 13.9. The monoisotopic (exact) mass is 570 g/mol. The van der Waals surface area contributed by atoms with Gasteiger partial charge < -0.3 is 18.6 Å². The summed E-state index contributed by atoms with van der Waals surface area (Å²) < 4.78 is 59.8. The van der Waals surface area contributed by atoms with Gasteiger partial charge in [-0.25, -0.2) is 13.8 Å². The average molecular weight is 571 g/mol. The van der Waals surface area contributed by atoms with E-state index < -0.39 is 18.2 Å². The number of benzene rings is 1. The number of aromatic nitrogens is 4. The molecular weight excluding hydrogens is 540 g/mol. The summed E-state index contributed by atoms with van der Waals surface area (Å²) in [5.41, 5.74) is 2.41. The zero-order valence-electron chi connectivity index (χ0n) is 22.3. The molecule has 1 saturated heterocycles. The predicted octanol–water partition coefficient (Wildman–Crippen LogP) is 6.15. The van der Waals surface area contributed by atoms with Crippen molar-refractivity contribution in [2.45, 2.75) is 63.5 Å². The number of carbonyl (C=O) groups is 1. The fraction of sp³-hybridized carbons (Fsp3) is 0.448. The quantitative estimate of drug-likeness (QED) is 0.248. The molecule has 41 heavy (non-hydrogen) atoms. The van der Waals surface area contributed by atoms with Crippen LogP contribution in [-0.4, -0.2) is 55.4 Å². The van der Waals surface area contributed by atoms with E-state index in [0.29, 0.717) is 42.6 Å². The number of fused-ring (bicyclic) bond motifs is 1. The van der Waals surface area contributed by atoms with E-state index in [0.717, 1.165) is 18.8 Å². The van der Waals surface area contributed by atoms with Crippen LogP contribution in [0.3, 0.4) is 0 Å². The van der Waals surface area contributed by atoms with Gasteiger partial charge >= 0.3 is 6.43 Å². The van der Waals surface area contributed by atoms with Crippen molar-refractivity contribution in [1.29, 1.82) is 0 Å². The van der Waals surface area contributed by atoms with E-state index in [2.05, 4.69) is 20.1 Å². The first kappa shape index (κ1) is 27.4. The van der Waals surface area contributed by atoms with Crippen molar-refractivity contribution in [3.05, 3.63) is 66.4 Å². The molecule has 0 bridgehead atoms. The molecule has 4 aromatic rings. The number of pyridine rings is 1. The number of halogens is 4. The zero-order chi connectivity index (χ0) is 28.6. The van der Waals surface area contributed by atoms with E-state index in [4.69, 9.17) is 4.42 Å². The van der Waals surface area contributed by atoms with Crippen LogP contribution >= 0.6 is 0 Å². The molecule has 0 atom stereocenters. The van der Waals surface area contributed by atoms with Gasteiger partial charge in [0, 0.05) is 48.4 Å². The number of nitrogens with zero attached hydrogens (tertiary/aromatic N) is 6. The minimum Gasteiger partial charge on any atom is -0.415 e. The molecule has 0 radical (unpaired) electrons. The van der Waals surface area contributed by atoms with Gasteiger partial charge in [-0.15, -0.1) is 10.2 Å². The highest BCUT2D eigenvalue weighted by atomic mass is 19.3. The van der Waals surface area contributed by atoms with E-state index >= 15 is 0 Å². The highest BCUT2D eigenvalue weighted by Crippen LogP contribution is 2.36. The second-order valence-electron chi connectivity index (χ2n) is 10.8. The lowest BCUT2D eigenvalue weighted by molar-refractivity contribution is -0.124. The van der Waals surface area contributed by atoms with Gasteiger partial charge in [0.05, 0.1) is 12.2 Å². The van der Waals surface area contributed by atoms with Crippen molar-refractivity contribution in [2.24, 2.45) is 5.92 Å². The van der Waals surface area contributed by atoms with E-state index in [1.807, 2.05) is 36.5 Å². The lowest BCUT2D eigenvalue weighted by Crippen LogP contribution is -2.47. The number of anilines is 1. The molecule has 1 saturated carbocycles. The molecule has 0 unspecified atom stereocenters. The van der Waals surface area contributed by atoms with Gasteiger partial charge in [-0.2, -0.15) is 8.78 Å². The summed E-state index contributed by atoms with van der Waals surface area (Å²) in [6.07, 6.45) is 2.90. The number of likely N-dealkylation sites (tertiary alicyclic amines) is 1. The molecule has 12 heteroatoms. The van der Waals surface area contributed by atoms with Crippen molar-refractivity contribution in [3.63, 3.8) is 0 Å². The van der Waals surface area contributed by atoms with E-state index in [1.165, 1.54) is 0 Å². The smallest absolute Gasteiger partial charge is 0.314 e. The number of hydrogen-bond acceptors (Lipinski definition) is 6. The maximum Gasteiger partial charge on any atom is 0.314 e. The summed E-state index contributed by atoms with van der Waals surface area (Å²) in [6, 6.07) is 12.9. The fourth-order valence-corrected chi connectivity index (χ4v) is 5.87. The molecule has 1 aromatic carbocycles. The normalized spacial score (nSPS) is 18.8. The van der Waals surface area contributed by atoms with E-state index in [9.17, 15) is 22.4 Å². The fourth-order valence-electron chi connectivity index (χ4n) is 5.87. The molecule has 6 rings (SSSR count). The Hall–Kier alpha value is -3.80. The highest BCUT2D eigenvalue weighted by molar-refractivity contribution is 5.95. The third-order valence-electron chi connectivity index (χ3n) is 8.12. The minimum absolute atomic E-state index is 0.00848. The number of hydrogen-bond donors (Lipinski definition) is 0. The Bertz CT molecular complexity index is 1490. The Morgan fingerprint density at radius 1 is 1.05 bits per heavy atom. The van der Waals surface area contributed by atoms with Gasteiger partial charge in [-0.1, -0.05) is 18.2 Å². The highest BCUT2D eigenvalue weighted by Gasteiger charge is 2.39. The number of para-hydroxylation sites is 1. The van der Waals surface area contributed by atoms with Crippen molar-refractivity contribution in [2.75, 3.05) is 18.0 Å². The molecule has 216 valence electrons. The van der Waals surface area contributed by atoms with Crippen molar-refractivity contribution >= 4 is 17.2 Å². The Morgan fingerprint density at radius 2 is 1.78 bits per heavy atom. The van der Waals surface area contributed by atoms with Gasteiger partial charge in [0.15, 0.2) is 0 Å². The number of carbonyl (C=O) groups excluding carboxylic acids is 1. The third-order valence-corrected chi connectivity index (χ3v) is 8.12. The molecule has 3 aromatic heterocycles. The number of imidazole rings is 1. The summed E-state index contributed by atoms with van der Waals surface area (Å²) in [7, 11) is 0. The summed E-state index contributed by atoms with van der Waals surface area (Å²) in [5.74, 6) is -3.49. The molecule has 8 nitrogen and oxygen atoms in total. The minimum atomic E-state index is -2.85. The van der Waals surface area contributed by atoms with Gasteiger partial charge in [-0.05, 0) is 63.0 Å². The number of alkyl halides is 4. The van der Waals surface area contributed by atoms with E-state index in [-0.39, 0.29) is 43.1 Å². The largest absolute Gasteiger partial charge is 0.415 e. The van der Waals surface area contributed by atoms with Crippen molar-refractivity contribution in [3.8, 4) is 11.5 Å². The summed E-state index contributed by atoms with van der Waals surface area (Å²) in [5, 5.41) is 7.08. The van der Waals surface area contributed by atoms with Gasteiger partial charge in [0.25, 0.3) is 5.89 Å². The summed E-state index contributed by atoms with van der Waals surface area (Å²) >= 11 is 0. The molecule has 1 aliphatic heterocycles. The summed E-state index contributed by atoms with van der Waals surface area (Å²) in [4.78, 5) is 22.6. The van der Waals surface area contributed by atoms with Crippen LogP contribution in [0.25, 0.3) is 17.1 Å². The third kappa shape index (κ3) is 5.97. The van der Waals surface area contributed by atoms with Crippen molar-refractivity contribution < 1.29 is 26.8 Å².